The van der Waals surface area contributed by atoms with Crippen LogP contribution in [-0.2, 0) is 4.74 Å². The second-order valence-corrected chi connectivity index (χ2v) is 2.12. The molecule has 0 spiro atoms. The summed E-state index contributed by atoms with van der Waals surface area (Å²) >= 11 is 0. The van der Waals surface area contributed by atoms with Gasteiger partial charge in [-0.25, -0.2) is 4.79 Å². The molecule has 0 aliphatic carbocycles. The first-order valence-corrected chi connectivity index (χ1v) is 4.00. The Morgan fingerprint density at radius 1 is 1.54 bits per heavy atom. The Bertz CT molecular complexity index is 284. The molecule has 6 heteroatoms. The molecule has 0 atom stereocenters. The topological polar surface area (TPSA) is 66.2 Å². The molecule has 0 saturated heterocycles. The molecule has 1 aromatic rings. The molecule has 0 aromatic carbocycles. The third-order valence-electron chi connectivity index (χ3n) is 1.25. The maximum absolute atomic E-state index is 11.2. The molecule has 0 amide bonds. The van der Waals surface area contributed by atoms with E-state index in [1.165, 1.54) is 6.20 Å². The maximum Gasteiger partial charge on any atom is 0.439 e. The number of hydrogen-bond donors (Lipinski definition) is 0. The van der Waals surface area contributed by atoms with Crippen molar-refractivity contribution in [1.82, 2.24) is 15.0 Å². The lowest BCUT2D eigenvalue weighted by Crippen LogP contribution is -2.16. The van der Waals surface area contributed by atoms with Crippen LogP contribution in [0.1, 0.15) is 13.8 Å². The molecular formula is C7H11N3O3. The normalized spacial score (nSPS) is 9.69. The molecule has 72 valence electrons. The van der Waals surface area contributed by atoms with Gasteiger partial charge in [0.15, 0.2) is 0 Å². The van der Waals surface area contributed by atoms with Crippen molar-refractivity contribution in [3.8, 4) is 5.88 Å². The summed E-state index contributed by atoms with van der Waals surface area (Å²) in [6.07, 6.45) is 0.781. The monoisotopic (exact) mass is 185 g/mol. The van der Waals surface area contributed by atoms with Crippen LogP contribution in [0.15, 0.2) is 6.20 Å². The van der Waals surface area contributed by atoms with Gasteiger partial charge in [-0.2, -0.15) is 0 Å². The summed E-state index contributed by atoms with van der Waals surface area (Å²) in [5.41, 5.74) is 0. The van der Waals surface area contributed by atoms with E-state index in [0.717, 1.165) is 4.68 Å². The van der Waals surface area contributed by atoms with Crippen molar-refractivity contribution in [2.24, 2.45) is 0 Å². The molecule has 0 N–H and O–H groups in total. The van der Waals surface area contributed by atoms with Crippen molar-refractivity contribution < 1.29 is 14.3 Å². The minimum Gasteiger partial charge on any atom is -0.477 e. The van der Waals surface area contributed by atoms with Crippen LogP contribution >= 0.6 is 0 Å². The molecule has 1 rings (SSSR count). The Morgan fingerprint density at radius 3 is 2.92 bits per heavy atom. The van der Waals surface area contributed by atoms with Crippen LogP contribution in [0.25, 0.3) is 0 Å². The van der Waals surface area contributed by atoms with Crippen molar-refractivity contribution in [3.05, 3.63) is 6.20 Å². The van der Waals surface area contributed by atoms with E-state index >= 15 is 0 Å². The minimum atomic E-state index is -0.580. The van der Waals surface area contributed by atoms with Crippen molar-refractivity contribution >= 4 is 6.09 Å². The fourth-order valence-electron chi connectivity index (χ4n) is 0.783. The van der Waals surface area contributed by atoms with Gasteiger partial charge in [0.25, 0.3) is 0 Å². The van der Waals surface area contributed by atoms with E-state index in [1.807, 2.05) is 6.92 Å². The van der Waals surface area contributed by atoms with Crippen molar-refractivity contribution in [2.75, 3.05) is 13.2 Å². The number of nitrogens with zero attached hydrogens (tertiary/aromatic N) is 3. The average Bonchev–Trinajstić information content (AvgIpc) is 2.54. The van der Waals surface area contributed by atoms with Crippen molar-refractivity contribution in [1.29, 1.82) is 0 Å². The van der Waals surface area contributed by atoms with Gasteiger partial charge >= 0.3 is 6.09 Å². The Kier molecular flexibility index (Phi) is 3.24. The van der Waals surface area contributed by atoms with Crippen LogP contribution in [0.3, 0.4) is 0 Å². The summed E-state index contributed by atoms with van der Waals surface area (Å²) in [4.78, 5) is 11.2. The number of rotatable bonds is 3. The van der Waals surface area contributed by atoms with Crippen LogP contribution in [-0.4, -0.2) is 34.3 Å². The second-order valence-electron chi connectivity index (χ2n) is 2.12. The number of carbonyl (C=O) groups excluding carboxylic acids is 1. The second kappa shape index (κ2) is 4.44. The zero-order valence-electron chi connectivity index (χ0n) is 7.56. The molecule has 6 nitrogen and oxygen atoms in total. The zero-order valence-corrected chi connectivity index (χ0v) is 7.56. The van der Waals surface area contributed by atoms with Gasteiger partial charge in [0.05, 0.1) is 13.2 Å². The highest BCUT2D eigenvalue weighted by Crippen LogP contribution is 2.07. The summed E-state index contributed by atoms with van der Waals surface area (Å²) < 4.78 is 10.8. The van der Waals surface area contributed by atoms with Crippen LogP contribution in [0, 0.1) is 0 Å². The molecule has 0 unspecified atom stereocenters. The Morgan fingerprint density at radius 2 is 2.31 bits per heavy atom. The Balaban J connectivity index is 2.74. The van der Waals surface area contributed by atoms with Crippen molar-refractivity contribution in [2.45, 2.75) is 13.8 Å². The summed E-state index contributed by atoms with van der Waals surface area (Å²) in [5.74, 6) is 0.293. The summed E-state index contributed by atoms with van der Waals surface area (Å²) in [6, 6.07) is 0. The quantitative estimate of drug-likeness (QED) is 0.692. The number of carbonyl (C=O) groups is 1. The fraction of sp³-hybridized carbons (Fsp3) is 0.571. The maximum atomic E-state index is 11.2. The summed E-state index contributed by atoms with van der Waals surface area (Å²) in [5, 5.41) is 7.05. The predicted octanol–water partition coefficient (Wildman–Crippen LogP) is 0.681. The van der Waals surface area contributed by atoms with Gasteiger partial charge in [0.2, 0.25) is 5.88 Å². The smallest absolute Gasteiger partial charge is 0.439 e. The van der Waals surface area contributed by atoms with Gasteiger partial charge in [0.1, 0.15) is 6.20 Å². The van der Waals surface area contributed by atoms with E-state index in [0.29, 0.717) is 19.1 Å². The first kappa shape index (κ1) is 9.50. The van der Waals surface area contributed by atoms with Gasteiger partial charge in [-0.05, 0) is 13.8 Å². The van der Waals surface area contributed by atoms with Crippen LogP contribution in [0.2, 0.25) is 0 Å². The van der Waals surface area contributed by atoms with E-state index in [4.69, 9.17) is 9.47 Å². The first-order valence-electron chi connectivity index (χ1n) is 4.00. The van der Waals surface area contributed by atoms with Gasteiger partial charge in [-0.3, -0.25) is 0 Å². The van der Waals surface area contributed by atoms with Crippen LogP contribution < -0.4 is 4.74 Å². The Labute approximate surface area is 75.4 Å². The molecule has 0 aliphatic rings. The SMILES string of the molecule is CCOC(=O)n1nncc1OCC. The van der Waals surface area contributed by atoms with Gasteiger partial charge in [-0.15, -0.1) is 9.78 Å². The average molecular weight is 185 g/mol. The minimum absolute atomic E-state index is 0.293. The highest BCUT2D eigenvalue weighted by atomic mass is 16.6. The van der Waals surface area contributed by atoms with E-state index in [2.05, 4.69) is 10.3 Å². The van der Waals surface area contributed by atoms with Gasteiger partial charge < -0.3 is 9.47 Å². The number of aromatic nitrogens is 3. The molecule has 0 radical (unpaired) electrons. The number of hydrogen-bond acceptors (Lipinski definition) is 5. The molecular weight excluding hydrogens is 174 g/mol. The van der Waals surface area contributed by atoms with Gasteiger partial charge in [0, 0.05) is 0 Å². The molecule has 13 heavy (non-hydrogen) atoms. The molecule has 0 saturated carbocycles. The fourth-order valence-corrected chi connectivity index (χ4v) is 0.783. The van der Waals surface area contributed by atoms with E-state index in [1.54, 1.807) is 6.92 Å². The van der Waals surface area contributed by atoms with E-state index in [9.17, 15) is 4.79 Å². The van der Waals surface area contributed by atoms with E-state index in [-0.39, 0.29) is 0 Å². The highest BCUT2D eigenvalue weighted by Gasteiger charge is 2.12. The summed E-state index contributed by atoms with van der Waals surface area (Å²) in [6.45, 7) is 4.27. The van der Waals surface area contributed by atoms with E-state index < -0.39 is 6.09 Å². The molecule has 1 aromatic heterocycles. The number of ether oxygens (including phenoxy) is 2. The van der Waals surface area contributed by atoms with Crippen molar-refractivity contribution in [3.63, 3.8) is 0 Å². The molecule has 0 aliphatic heterocycles. The van der Waals surface area contributed by atoms with Crippen LogP contribution in [0.4, 0.5) is 4.79 Å². The lowest BCUT2D eigenvalue weighted by Gasteiger charge is -2.03. The molecule has 0 fully saturated rings. The standard InChI is InChI=1S/C7H11N3O3/c1-3-12-6-5-8-9-10(6)7(11)13-4-2/h5H,3-4H2,1-2H3. The molecule has 1 heterocycles. The molecule has 0 bridgehead atoms. The first-order chi connectivity index (χ1) is 6.29. The third-order valence-corrected chi connectivity index (χ3v) is 1.25. The lowest BCUT2D eigenvalue weighted by molar-refractivity contribution is 0.145. The predicted molar refractivity (Wildman–Crippen MR) is 43.6 cm³/mol. The lowest BCUT2D eigenvalue weighted by atomic mass is 10.7. The Hall–Kier alpha value is -1.59. The third kappa shape index (κ3) is 2.17. The van der Waals surface area contributed by atoms with Crippen LogP contribution in [0.5, 0.6) is 5.88 Å². The zero-order chi connectivity index (χ0) is 9.68. The van der Waals surface area contributed by atoms with Gasteiger partial charge in [-0.1, -0.05) is 5.21 Å². The highest BCUT2D eigenvalue weighted by molar-refractivity contribution is 5.70. The largest absolute Gasteiger partial charge is 0.477 e. The summed E-state index contributed by atoms with van der Waals surface area (Å²) in [7, 11) is 0.